The molecule has 3 nitrogen and oxygen atoms in total. The summed E-state index contributed by atoms with van der Waals surface area (Å²) in [6.45, 7) is 6.45. The summed E-state index contributed by atoms with van der Waals surface area (Å²) in [6.07, 6.45) is 1.61. The van der Waals surface area contributed by atoms with Crippen LogP contribution >= 0.6 is 15.9 Å². The van der Waals surface area contributed by atoms with Crippen LogP contribution in [-0.2, 0) is 12.8 Å². The summed E-state index contributed by atoms with van der Waals surface area (Å²) in [5.41, 5.74) is 9.48. The Morgan fingerprint density at radius 2 is 1.90 bits per heavy atom. The minimum absolute atomic E-state index is 0.527. The molecule has 0 atom stereocenters. The van der Waals surface area contributed by atoms with E-state index in [4.69, 9.17) is 5.73 Å². The molecule has 0 saturated carbocycles. The van der Waals surface area contributed by atoms with Crippen LogP contribution in [0, 0.1) is 12.8 Å². The molecule has 1 aromatic carbocycles. The zero-order valence-electron chi connectivity index (χ0n) is 12.2. The fourth-order valence-electron chi connectivity index (χ4n) is 2.15. The van der Waals surface area contributed by atoms with Gasteiger partial charge in [-0.15, -0.1) is 0 Å². The van der Waals surface area contributed by atoms with E-state index < -0.39 is 0 Å². The predicted octanol–water partition coefficient (Wildman–Crippen LogP) is 3.92. The van der Waals surface area contributed by atoms with E-state index in [1.807, 2.05) is 12.1 Å². The Labute approximate surface area is 128 Å². The van der Waals surface area contributed by atoms with Gasteiger partial charge < -0.3 is 5.73 Å². The van der Waals surface area contributed by atoms with Gasteiger partial charge >= 0.3 is 0 Å². The molecule has 106 valence electrons. The number of nitrogens with zero attached hydrogens (tertiary/aromatic N) is 2. The average Bonchev–Trinajstić information content (AvgIpc) is 2.37. The lowest BCUT2D eigenvalue weighted by atomic mass is 10.0. The molecule has 1 aromatic heterocycles. The summed E-state index contributed by atoms with van der Waals surface area (Å²) in [6, 6.07) is 8.30. The van der Waals surface area contributed by atoms with Crippen molar-refractivity contribution in [2.45, 2.75) is 33.6 Å². The molecule has 0 aliphatic rings. The third-order valence-electron chi connectivity index (χ3n) is 3.20. The summed E-state index contributed by atoms with van der Waals surface area (Å²) < 4.78 is 0.833. The molecule has 0 amide bonds. The standard InChI is InChI=1S/C16H20BrN3/c1-10(2)8-13-15(17)16(18)20-14(19-13)9-12-7-5-4-6-11(12)3/h4-7,10H,8-9H2,1-3H3,(H2,18,19,20). The van der Waals surface area contributed by atoms with Crippen molar-refractivity contribution < 1.29 is 0 Å². The Bertz CT molecular complexity index is 609. The second-order valence-corrected chi connectivity index (χ2v) is 6.28. The van der Waals surface area contributed by atoms with Gasteiger partial charge in [0.05, 0.1) is 10.2 Å². The Morgan fingerprint density at radius 1 is 1.20 bits per heavy atom. The number of benzene rings is 1. The first-order chi connectivity index (χ1) is 9.47. The van der Waals surface area contributed by atoms with E-state index in [1.54, 1.807) is 0 Å². The summed E-state index contributed by atoms with van der Waals surface area (Å²) >= 11 is 3.49. The maximum Gasteiger partial charge on any atom is 0.141 e. The molecule has 2 N–H and O–H groups in total. The summed E-state index contributed by atoms with van der Waals surface area (Å²) in [5, 5.41) is 0. The summed E-state index contributed by atoms with van der Waals surface area (Å²) in [5.74, 6) is 1.85. The Morgan fingerprint density at radius 3 is 2.55 bits per heavy atom. The van der Waals surface area contributed by atoms with Crippen molar-refractivity contribution in [1.29, 1.82) is 0 Å². The molecule has 4 heteroatoms. The molecule has 2 aromatic rings. The number of nitrogens with two attached hydrogens (primary N) is 1. The van der Waals surface area contributed by atoms with Crippen LogP contribution in [-0.4, -0.2) is 9.97 Å². The molecular formula is C16H20BrN3. The fraction of sp³-hybridized carbons (Fsp3) is 0.375. The molecule has 0 radical (unpaired) electrons. The van der Waals surface area contributed by atoms with Gasteiger partial charge in [-0.3, -0.25) is 0 Å². The molecule has 0 aliphatic carbocycles. The Kier molecular flexibility index (Phi) is 4.76. The van der Waals surface area contributed by atoms with Gasteiger partial charge in [-0.1, -0.05) is 38.1 Å². The van der Waals surface area contributed by atoms with Crippen LogP contribution in [0.5, 0.6) is 0 Å². The van der Waals surface area contributed by atoms with Crippen molar-refractivity contribution in [3.05, 3.63) is 51.4 Å². The molecule has 0 spiro atoms. The SMILES string of the molecule is Cc1ccccc1Cc1nc(N)c(Br)c(CC(C)C)n1. The van der Waals surface area contributed by atoms with E-state index >= 15 is 0 Å². The van der Waals surface area contributed by atoms with Crippen LogP contribution in [0.25, 0.3) is 0 Å². The van der Waals surface area contributed by atoms with Crippen LogP contribution in [0.15, 0.2) is 28.7 Å². The van der Waals surface area contributed by atoms with Gasteiger partial charge in [-0.2, -0.15) is 0 Å². The van der Waals surface area contributed by atoms with Gasteiger partial charge in [0.1, 0.15) is 11.6 Å². The minimum atomic E-state index is 0.527. The number of aryl methyl sites for hydroxylation is 1. The summed E-state index contributed by atoms with van der Waals surface area (Å²) in [7, 11) is 0. The van der Waals surface area contributed by atoms with Crippen molar-refractivity contribution in [2.24, 2.45) is 5.92 Å². The van der Waals surface area contributed by atoms with Crippen molar-refractivity contribution in [1.82, 2.24) is 9.97 Å². The van der Waals surface area contributed by atoms with E-state index in [0.717, 1.165) is 28.8 Å². The Balaban J connectivity index is 2.33. The number of hydrogen-bond acceptors (Lipinski definition) is 3. The molecule has 2 rings (SSSR count). The van der Waals surface area contributed by atoms with Crippen molar-refractivity contribution >= 4 is 21.7 Å². The first-order valence-corrected chi connectivity index (χ1v) is 7.62. The lowest BCUT2D eigenvalue weighted by Crippen LogP contribution is -2.08. The fourth-order valence-corrected chi connectivity index (χ4v) is 2.48. The number of halogens is 1. The molecule has 0 unspecified atom stereocenters. The topological polar surface area (TPSA) is 51.8 Å². The third kappa shape index (κ3) is 3.57. The number of anilines is 1. The van der Waals surface area contributed by atoms with Crippen molar-refractivity contribution in [2.75, 3.05) is 5.73 Å². The highest BCUT2D eigenvalue weighted by atomic mass is 79.9. The zero-order chi connectivity index (χ0) is 14.7. The zero-order valence-corrected chi connectivity index (χ0v) is 13.7. The molecule has 1 heterocycles. The smallest absolute Gasteiger partial charge is 0.141 e. The molecule has 0 saturated heterocycles. The third-order valence-corrected chi connectivity index (χ3v) is 4.07. The van der Waals surface area contributed by atoms with Crippen molar-refractivity contribution in [3.63, 3.8) is 0 Å². The van der Waals surface area contributed by atoms with Crippen molar-refractivity contribution in [3.8, 4) is 0 Å². The number of nitrogen functional groups attached to an aromatic ring is 1. The number of rotatable bonds is 4. The van der Waals surface area contributed by atoms with Gasteiger partial charge in [0.25, 0.3) is 0 Å². The van der Waals surface area contributed by atoms with Crippen LogP contribution in [0.1, 0.15) is 36.5 Å². The number of hydrogen-bond donors (Lipinski definition) is 1. The molecule has 0 aliphatic heterocycles. The van der Waals surface area contributed by atoms with Gasteiger partial charge in [-0.25, -0.2) is 9.97 Å². The van der Waals surface area contributed by atoms with Crippen LogP contribution in [0.4, 0.5) is 5.82 Å². The Hall–Kier alpha value is -1.42. The van der Waals surface area contributed by atoms with E-state index in [0.29, 0.717) is 11.7 Å². The van der Waals surface area contributed by atoms with Gasteiger partial charge in [0, 0.05) is 6.42 Å². The van der Waals surface area contributed by atoms with E-state index in [2.05, 4.69) is 58.8 Å². The second kappa shape index (κ2) is 6.35. The van der Waals surface area contributed by atoms with E-state index in [9.17, 15) is 0 Å². The molecular weight excluding hydrogens is 314 g/mol. The monoisotopic (exact) mass is 333 g/mol. The van der Waals surface area contributed by atoms with E-state index in [1.165, 1.54) is 11.1 Å². The lowest BCUT2D eigenvalue weighted by Gasteiger charge is -2.11. The quantitative estimate of drug-likeness (QED) is 0.922. The molecule has 0 bridgehead atoms. The van der Waals surface area contributed by atoms with Gasteiger partial charge in [0.2, 0.25) is 0 Å². The maximum absolute atomic E-state index is 5.99. The van der Waals surface area contributed by atoms with Crippen LogP contribution < -0.4 is 5.73 Å². The largest absolute Gasteiger partial charge is 0.383 e. The average molecular weight is 334 g/mol. The number of aromatic nitrogens is 2. The first kappa shape index (κ1) is 15.0. The highest BCUT2D eigenvalue weighted by Gasteiger charge is 2.12. The predicted molar refractivity (Wildman–Crippen MR) is 86.7 cm³/mol. The maximum atomic E-state index is 5.99. The minimum Gasteiger partial charge on any atom is -0.383 e. The van der Waals surface area contributed by atoms with Gasteiger partial charge in [-0.05, 0) is 46.3 Å². The van der Waals surface area contributed by atoms with Crippen LogP contribution in [0.2, 0.25) is 0 Å². The molecule has 20 heavy (non-hydrogen) atoms. The lowest BCUT2D eigenvalue weighted by molar-refractivity contribution is 0.629. The van der Waals surface area contributed by atoms with Gasteiger partial charge in [0.15, 0.2) is 0 Å². The summed E-state index contributed by atoms with van der Waals surface area (Å²) in [4.78, 5) is 9.07. The molecule has 0 fully saturated rings. The van der Waals surface area contributed by atoms with Crippen LogP contribution in [0.3, 0.4) is 0 Å². The second-order valence-electron chi connectivity index (χ2n) is 5.49. The first-order valence-electron chi connectivity index (χ1n) is 6.82. The normalized spacial score (nSPS) is 11.1. The van der Waals surface area contributed by atoms with E-state index in [-0.39, 0.29) is 0 Å². The highest BCUT2D eigenvalue weighted by molar-refractivity contribution is 9.10. The highest BCUT2D eigenvalue weighted by Crippen LogP contribution is 2.24.